The van der Waals surface area contributed by atoms with Crippen LogP contribution >= 0.6 is 0 Å². The molecule has 0 amide bonds. The van der Waals surface area contributed by atoms with E-state index < -0.39 is 4.92 Å². The zero-order valence-corrected chi connectivity index (χ0v) is 6.24. The third kappa shape index (κ3) is 1.58. The van der Waals surface area contributed by atoms with Crippen LogP contribution in [0.4, 0.5) is 0 Å². The van der Waals surface area contributed by atoms with Crippen LogP contribution in [0.5, 0.6) is 0 Å². The summed E-state index contributed by atoms with van der Waals surface area (Å²) in [6.07, 6.45) is 4.72. The Bertz CT molecular complexity index is 230. The predicted octanol–water partition coefficient (Wildman–Crippen LogP) is 1.47. The Morgan fingerprint density at radius 1 is 1.73 bits per heavy atom. The largest absolute Gasteiger partial charge is 0.494 e. The quantitative estimate of drug-likeness (QED) is 0.448. The molecular weight excluding hydrogens is 146 g/mol. The molecule has 0 aromatic rings. The predicted molar refractivity (Wildman–Crippen MR) is 39.4 cm³/mol. The summed E-state index contributed by atoms with van der Waals surface area (Å²) in [5.41, 5.74) is 0.0822. The molecule has 0 aromatic heterocycles. The topological polar surface area (TPSA) is 52.4 Å². The van der Waals surface area contributed by atoms with E-state index in [2.05, 4.69) is 0 Å². The molecule has 0 radical (unpaired) electrons. The molecule has 4 nitrogen and oxygen atoms in total. The monoisotopic (exact) mass is 155 g/mol. The van der Waals surface area contributed by atoms with E-state index in [-0.39, 0.29) is 5.70 Å². The maximum absolute atomic E-state index is 10.3. The number of ether oxygens (including phenoxy) is 1. The van der Waals surface area contributed by atoms with E-state index in [4.69, 9.17) is 4.74 Å². The molecule has 0 saturated carbocycles. The molecule has 1 aliphatic rings. The van der Waals surface area contributed by atoms with E-state index >= 15 is 0 Å². The molecule has 0 heterocycles. The average Bonchev–Trinajstić information content (AvgIpc) is 2.04. The summed E-state index contributed by atoms with van der Waals surface area (Å²) in [5.74, 6) is 0.470. The van der Waals surface area contributed by atoms with Crippen molar-refractivity contribution in [3.8, 4) is 0 Å². The summed E-state index contributed by atoms with van der Waals surface area (Å²) in [6, 6.07) is 0. The second-order valence-corrected chi connectivity index (χ2v) is 2.21. The highest BCUT2D eigenvalue weighted by Gasteiger charge is 2.18. The van der Waals surface area contributed by atoms with E-state index in [9.17, 15) is 10.1 Å². The van der Waals surface area contributed by atoms with E-state index in [1.165, 1.54) is 13.2 Å². The molecule has 1 aliphatic carbocycles. The normalized spacial score (nSPS) is 16.8. The van der Waals surface area contributed by atoms with Crippen LogP contribution in [0.25, 0.3) is 0 Å². The summed E-state index contributed by atoms with van der Waals surface area (Å²) in [6.45, 7) is 0. The van der Waals surface area contributed by atoms with Crippen molar-refractivity contribution in [2.45, 2.75) is 12.8 Å². The van der Waals surface area contributed by atoms with Crippen LogP contribution in [0.1, 0.15) is 12.8 Å². The third-order valence-electron chi connectivity index (χ3n) is 1.54. The zero-order valence-electron chi connectivity index (χ0n) is 6.24. The zero-order chi connectivity index (χ0) is 8.27. The van der Waals surface area contributed by atoms with Crippen molar-refractivity contribution in [1.82, 2.24) is 0 Å². The Balaban J connectivity index is 2.92. The van der Waals surface area contributed by atoms with Crippen LogP contribution in [0.2, 0.25) is 0 Å². The minimum atomic E-state index is -0.422. The van der Waals surface area contributed by atoms with Gasteiger partial charge in [0, 0.05) is 12.5 Å². The van der Waals surface area contributed by atoms with Gasteiger partial charge in [-0.05, 0) is 6.42 Å². The fraction of sp³-hybridized carbons (Fsp3) is 0.429. The van der Waals surface area contributed by atoms with Crippen molar-refractivity contribution in [3.63, 3.8) is 0 Å². The van der Waals surface area contributed by atoms with Crippen molar-refractivity contribution < 1.29 is 9.66 Å². The van der Waals surface area contributed by atoms with Gasteiger partial charge in [-0.1, -0.05) is 6.08 Å². The third-order valence-corrected chi connectivity index (χ3v) is 1.54. The highest BCUT2D eigenvalue weighted by molar-refractivity contribution is 5.19. The van der Waals surface area contributed by atoms with Crippen molar-refractivity contribution in [2.24, 2.45) is 0 Å². The molecule has 0 bridgehead atoms. The van der Waals surface area contributed by atoms with Crippen LogP contribution in [0.3, 0.4) is 0 Å². The molecule has 0 unspecified atom stereocenters. The highest BCUT2D eigenvalue weighted by Crippen LogP contribution is 2.19. The van der Waals surface area contributed by atoms with Crippen molar-refractivity contribution in [3.05, 3.63) is 33.7 Å². The van der Waals surface area contributed by atoms with Gasteiger partial charge in [0.1, 0.15) is 0 Å². The van der Waals surface area contributed by atoms with E-state index in [1.54, 1.807) is 6.08 Å². The summed E-state index contributed by atoms with van der Waals surface area (Å²) in [7, 11) is 1.46. The summed E-state index contributed by atoms with van der Waals surface area (Å²) < 4.78 is 4.85. The van der Waals surface area contributed by atoms with Gasteiger partial charge < -0.3 is 4.74 Å². The molecule has 4 heteroatoms. The van der Waals surface area contributed by atoms with Gasteiger partial charge in [0.25, 0.3) is 0 Å². The number of hydrogen-bond acceptors (Lipinski definition) is 3. The maximum atomic E-state index is 10.3. The first-order chi connectivity index (χ1) is 5.25. The molecule has 0 fully saturated rings. The number of nitro groups is 1. The smallest absolute Gasteiger partial charge is 0.306 e. The van der Waals surface area contributed by atoms with Crippen molar-refractivity contribution in [1.29, 1.82) is 0 Å². The number of rotatable bonds is 2. The van der Waals surface area contributed by atoms with E-state index in [0.717, 1.165) is 6.42 Å². The molecular formula is C7H9NO3. The van der Waals surface area contributed by atoms with Crippen LogP contribution in [0.15, 0.2) is 23.6 Å². The lowest BCUT2D eigenvalue weighted by Crippen LogP contribution is -2.05. The van der Waals surface area contributed by atoms with Crippen molar-refractivity contribution >= 4 is 0 Å². The molecule has 1 rings (SSSR count). The number of methoxy groups -OCH3 is 1. The molecule has 0 atom stereocenters. The fourth-order valence-electron chi connectivity index (χ4n) is 1.000. The number of nitrogens with zero attached hydrogens (tertiary/aromatic N) is 1. The van der Waals surface area contributed by atoms with E-state index in [0.29, 0.717) is 12.2 Å². The Morgan fingerprint density at radius 2 is 2.45 bits per heavy atom. The Hall–Kier alpha value is -1.32. The fourth-order valence-corrected chi connectivity index (χ4v) is 1.000. The lowest BCUT2D eigenvalue weighted by Gasteiger charge is -2.07. The minimum absolute atomic E-state index is 0.0822. The second-order valence-electron chi connectivity index (χ2n) is 2.21. The Labute approximate surface area is 64.3 Å². The summed E-state index contributed by atoms with van der Waals surface area (Å²) >= 11 is 0. The summed E-state index contributed by atoms with van der Waals surface area (Å²) in [5, 5.41) is 10.3. The van der Waals surface area contributed by atoms with Crippen LogP contribution in [0, 0.1) is 10.1 Å². The number of allylic oxidation sites excluding steroid dienone is 3. The van der Waals surface area contributed by atoms with Crippen LogP contribution < -0.4 is 0 Å². The van der Waals surface area contributed by atoms with Gasteiger partial charge >= 0.3 is 5.70 Å². The van der Waals surface area contributed by atoms with Gasteiger partial charge in [0.05, 0.1) is 12.0 Å². The van der Waals surface area contributed by atoms with E-state index in [1.807, 2.05) is 0 Å². The first-order valence-corrected chi connectivity index (χ1v) is 3.33. The van der Waals surface area contributed by atoms with Gasteiger partial charge in [-0.25, -0.2) is 0 Å². The van der Waals surface area contributed by atoms with Gasteiger partial charge in [0.15, 0.2) is 5.76 Å². The molecule has 60 valence electrons. The SMILES string of the molecule is COC1=C([N+](=O)[O-])C=CCC1. The van der Waals surface area contributed by atoms with Gasteiger partial charge in [-0.3, -0.25) is 10.1 Å². The maximum Gasteiger partial charge on any atom is 0.306 e. The first-order valence-electron chi connectivity index (χ1n) is 3.33. The minimum Gasteiger partial charge on any atom is -0.494 e. The Kier molecular flexibility index (Phi) is 2.25. The molecule has 0 N–H and O–H groups in total. The lowest BCUT2D eigenvalue weighted by molar-refractivity contribution is -0.422. The average molecular weight is 155 g/mol. The molecule has 0 saturated heterocycles. The van der Waals surface area contributed by atoms with Gasteiger partial charge in [-0.15, -0.1) is 0 Å². The molecule has 11 heavy (non-hydrogen) atoms. The first kappa shape index (κ1) is 7.78. The standard InChI is InChI=1S/C7H9NO3/c1-11-7-5-3-2-4-6(7)8(9)10/h2,4H,3,5H2,1H3. The van der Waals surface area contributed by atoms with Gasteiger partial charge in [0.2, 0.25) is 0 Å². The van der Waals surface area contributed by atoms with Crippen LogP contribution in [-0.4, -0.2) is 12.0 Å². The molecule has 0 spiro atoms. The molecule has 0 aliphatic heterocycles. The molecule has 0 aromatic carbocycles. The number of hydrogen-bond donors (Lipinski definition) is 0. The summed E-state index contributed by atoms with van der Waals surface area (Å²) in [4.78, 5) is 9.92. The second kappa shape index (κ2) is 3.18. The lowest BCUT2D eigenvalue weighted by atomic mass is 10.1. The highest BCUT2D eigenvalue weighted by atomic mass is 16.6. The van der Waals surface area contributed by atoms with Crippen LogP contribution in [-0.2, 0) is 4.74 Å². The van der Waals surface area contributed by atoms with Gasteiger partial charge in [-0.2, -0.15) is 0 Å². The van der Waals surface area contributed by atoms with Crippen molar-refractivity contribution in [2.75, 3.05) is 7.11 Å². The Morgan fingerprint density at radius 3 is 2.91 bits per heavy atom.